The number of alkyl halides is 1. The molecule has 1 aromatic heterocycles. The monoisotopic (exact) mass is 288 g/mol. The molecule has 0 amide bonds. The molecular weight excluding hydrogens is 275 g/mol. The minimum atomic E-state index is 0.337. The molecule has 1 aromatic carbocycles. The van der Waals surface area contributed by atoms with Gasteiger partial charge in [0.15, 0.2) is 0 Å². The van der Waals surface area contributed by atoms with Gasteiger partial charge in [0.1, 0.15) is 5.82 Å². The second kappa shape index (κ2) is 5.51. The van der Waals surface area contributed by atoms with E-state index in [0.29, 0.717) is 11.9 Å². The predicted octanol–water partition coefficient (Wildman–Crippen LogP) is 4.35. The molecule has 0 N–H and O–H groups in total. The highest BCUT2D eigenvalue weighted by Crippen LogP contribution is 2.29. The van der Waals surface area contributed by atoms with Crippen LogP contribution in [0.3, 0.4) is 0 Å². The van der Waals surface area contributed by atoms with Gasteiger partial charge in [-0.3, -0.25) is 0 Å². The summed E-state index contributed by atoms with van der Waals surface area (Å²) in [4.78, 5) is 4.53. The first-order valence-corrected chi connectivity index (χ1v) is 7.70. The summed E-state index contributed by atoms with van der Waals surface area (Å²) in [5.41, 5.74) is 1.91. The molecule has 2 rings (SSSR count). The maximum atomic E-state index is 6.27. The number of rotatable bonds is 4. The van der Waals surface area contributed by atoms with Crippen LogP contribution in [-0.2, 0) is 5.88 Å². The summed E-state index contributed by atoms with van der Waals surface area (Å²) in [6, 6.07) is 6.12. The zero-order valence-corrected chi connectivity index (χ0v) is 12.1. The quantitative estimate of drug-likeness (QED) is 0.779. The Balaban J connectivity index is 2.64. The van der Waals surface area contributed by atoms with Gasteiger partial charge in [-0.25, -0.2) is 4.98 Å². The van der Waals surface area contributed by atoms with Crippen molar-refractivity contribution in [2.45, 2.75) is 18.8 Å². The van der Waals surface area contributed by atoms with E-state index in [4.69, 9.17) is 23.2 Å². The summed E-state index contributed by atoms with van der Waals surface area (Å²) in [5, 5.41) is 0.735. The van der Waals surface area contributed by atoms with Gasteiger partial charge in [0.25, 0.3) is 0 Å². The summed E-state index contributed by atoms with van der Waals surface area (Å²) in [7, 11) is 0. The molecule has 0 fully saturated rings. The number of aromatic nitrogens is 2. The van der Waals surface area contributed by atoms with Gasteiger partial charge < -0.3 is 4.57 Å². The van der Waals surface area contributed by atoms with Gasteiger partial charge in [-0.05, 0) is 25.3 Å². The third-order valence-corrected chi connectivity index (χ3v) is 4.06. The Morgan fingerprint density at radius 1 is 1.47 bits per heavy atom. The fraction of sp³-hybridized carbons (Fsp3) is 0.417. The maximum Gasteiger partial charge on any atom is 0.125 e. The topological polar surface area (TPSA) is 17.8 Å². The smallest absolute Gasteiger partial charge is 0.125 e. The van der Waals surface area contributed by atoms with Gasteiger partial charge >= 0.3 is 0 Å². The molecule has 0 bridgehead atoms. The predicted molar refractivity (Wildman–Crippen MR) is 77.4 cm³/mol. The van der Waals surface area contributed by atoms with Crippen molar-refractivity contribution < 1.29 is 0 Å². The molecule has 0 aliphatic heterocycles. The highest BCUT2D eigenvalue weighted by atomic mass is 35.5. The van der Waals surface area contributed by atoms with Gasteiger partial charge in [0.2, 0.25) is 0 Å². The zero-order chi connectivity index (χ0) is 12.4. The lowest BCUT2D eigenvalue weighted by Crippen LogP contribution is -2.10. The molecule has 1 heterocycles. The fourth-order valence-electron chi connectivity index (χ4n) is 2.04. The average molecular weight is 289 g/mol. The number of thioether (sulfide) groups is 1. The normalized spacial score (nSPS) is 13.2. The molecular formula is C12H14Cl2N2S. The van der Waals surface area contributed by atoms with Crippen LogP contribution in [-0.4, -0.2) is 21.6 Å². The molecule has 2 nitrogen and oxygen atoms in total. The summed E-state index contributed by atoms with van der Waals surface area (Å²) in [6.45, 7) is 2.16. The van der Waals surface area contributed by atoms with Crippen molar-refractivity contribution >= 4 is 46.0 Å². The number of halogens is 2. The van der Waals surface area contributed by atoms with Crippen molar-refractivity contribution in [2.75, 3.05) is 12.0 Å². The van der Waals surface area contributed by atoms with Gasteiger partial charge in [-0.2, -0.15) is 11.8 Å². The van der Waals surface area contributed by atoms with Crippen LogP contribution in [0, 0.1) is 0 Å². The third kappa shape index (κ3) is 2.42. The summed E-state index contributed by atoms with van der Waals surface area (Å²) < 4.78 is 2.15. The van der Waals surface area contributed by atoms with Gasteiger partial charge in [-0.1, -0.05) is 17.7 Å². The molecule has 1 unspecified atom stereocenters. The third-order valence-electron chi connectivity index (χ3n) is 2.70. The molecule has 1 atom stereocenters. The molecule has 0 aliphatic carbocycles. The first-order chi connectivity index (χ1) is 8.19. The van der Waals surface area contributed by atoms with E-state index in [9.17, 15) is 0 Å². The minimum Gasteiger partial charge on any atom is -0.322 e. The van der Waals surface area contributed by atoms with Gasteiger partial charge in [0.05, 0.1) is 21.9 Å². The van der Waals surface area contributed by atoms with Crippen molar-refractivity contribution in [3.63, 3.8) is 0 Å². The molecule has 0 saturated carbocycles. The van der Waals surface area contributed by atoms with E-state index in [2.05, 4.69) is 22.7 Å². The zero-order valence-electron chi connectivity index (χ0n) is 9.78. The summed E-state index contributed by atoms with van der Waals surface area (Å²) in [5.74, 6) is 2.31. The number of benzene rings is 1. The second-order valence-electron chi connectivity index (χ2n) is 3.94. The Hall–Kier alpha value is -0.380. The van der Waals surface area contributed by atoms with Crippen LogP contribution in [0.25, 0.3) is 11.0 Å². The first kappa shape index (κ1) is 13.1. The molecule has 17 heavy (non-hydrogen) atoms. The fourth-order valence-corrected chi connectivity index (χ4v) is 3.12. The SMILES string of the molecule is CSCC(C)n1c(CCl)nc2cccc(Cl)c21. The van der Waals surface area contributed by atoms with Gasteiger partial charge in [-0.15, -0.1) is 11.6 Å². The summed E-state index contributed by atoms with van der Waals surface area (Å²) >= 11 is 14.0. The Morgan fingerprint density at radius 3 is 2.88 bits per heavy atom. The van der Waals surface area contributed by atoms with Gasteiger partial charge in [0, 0.05) is 11.8 Å². The van der Waals surface area contributed by atoms with Crippen LogP contribution in [0.15, 0.2) is 18.2 Å². The van der Waals surface area contributed by atoms with Crippen LogP contribution in [0.2, 0.25) is 5.02 Å². The lowest BCUT2D eigenvalue weighted by atomic mass is 10.3. The Kier molecular flexibility index (Phi) is 4.23. The number of para-hydroxylation sites is 1. The summed E-state index contributed by atoms with van der Waals surface area (Å²) in [6.07, 6.45) is 2.09. The largest absolute Gasteiger partial charge is 0.322 e. The van der Waals surface area contributed by atoms with Crippen LogP contribution in [0.1, 0.15) is 18.8 Å². The molecule has 0 saturated heterocycles. The molecule has 2 aromatic rings. The van der Waals surface area contributed by atoms with E-state index in [0.717, 1.165) is 27.6 Å². The average Bonchev–Trinajstić information content (AvgIpc) is 2.69. The van der Waals surface area contributed by atoms with E-state index < -0.39 is 0 Å². The van der Waals surface area contributed by atoms with Crippen molar-refractivity contribution in [1.29, 1.82) is 0 Å². The maximum absolute atomic E-state index is 6.27. The lowest BCUT2D eigenvalue weighted by Gasteiger charge is -2.16. The van der Waals surface area contributed by atoms with Crippen molar-refractivity contribution in [1.82, 2.24) is 9.55 Å². The number of imidazole rings is 1. The van der Waals surface area contributed by atoms with Crippen molar-refractivity contribution in [3.8, 4) is 0 Å². The number of hydrogen-bond acceptors (Lipinski definition) is 2. The standard InChI is InChI=1S/C12H14Cl2N2S/c1-8(7-17-2)16-11(6-13)15-10-5-3-4-9(14)12(10)16/h3-5,8H,6-7H2,1-2H3. The van der Waals surface area contributed by atoms with Crippen LogP contribution < -0.4 is 0 Å². The first-order valence-electron chi connectivity index (χ1n) is 5.39. The lowest BCUT2D eigenvalue weighted by molar-refractivity contribution is 0.606. The number of hydrogen-bond donors (Lipinski definition) is 0. The van der Waals surface area contributed by atoms with Crippen LogP contribution in [0.4, 0.5) is 0 Å². The van der Waals surface area contributed by atoms with Crippen molar-refractivity contribution in [3.05, 3.63) is 29.0 Å². The highest BCUT2D eigenvalue weighted by Gasteiger charge is 2.16. The number of nitrogens with zero attached hydrogens (tertiary/aromatic N) is 2. The molecule has 92 valence electrons. The van der Waals surface area contributed by atoms with E-state index >= 15 is 0 Å². The molecule has 5 heteroatoms. The Labute approximate surface area is 115 Å². The second-order valence-corrected chi connectivity index (χ2v) is 5.53. The number of fused-ring (bicyclic) bond motifs is 1. The van der Waals surface area contributed by atoms with E-state index in [1.54, 1.807) is 11.8 Å². The highest BCUT2D eigenvalue weighted by molar-refractivity contribution is 7.98. The van der Waals surface area contributed by atoms with E-state index in [1.165, 1.54) is 0 Å². The van der Waals surface area contributed by atoms with E-state index in [1.807, 2.05) is 18.2 Å². The Morgan fingerprint density at radius 2 is 2.24 bits per heavy atom. The molecule has 0 spiro atoms. The van der Waals surface area contributed by atoms with E-state index in [-0.39, 0.29) is 0 Å². The van der Waals surface area contributed by atoms with Crippen molar-refractivity contribution in [2.24, 2.45) is 0 Å². The molecule has 0 aliphatic rings. The molecule has 0 radical (unpaired) electrons. The minimum absolute atomic E-state index is 0.337. The van der Waals surface area contributed by atoms with Crippen LogP contribution in [0.5, 0.6) is 0 Å². The Bertz CT molecular complexity index is 524. The van der Waals surface area contributed by atoms with Crippen LogP contribution >= 0.6 is 35.0 Å².